The molecule has 0 N–H and O–H groups in total. The van der Waals surface area contributed by atoms with Gasteiger partial charge in [0.1, 0.15) is 23.4 Å². The van der Waals surface area contributed by atoms with Crippen molar-refractivity contribution in [3.8, 4) is 28.4 Å². The Morgan fingerprint density at radius 1 is 0.914 bits per heavy atom. The minimum Gasteiger partial charge on any atom is -0.493 e. The van der Waals surface area contributed by atoms with Crippen LogP contribution in [0.25, 0.3) is 21.3 Å². The summed E-state index contributed by atoms with van der Waals surface area (Å²) in [5.41, 5.74) is 2.34. The molecule has 2 aromatic carbocycles. The number of aromatic nitrogens is 2. The van der Waals surface area contributed by atoms with Gasteiger partial charge in [0.25, 0.3) is 0 Å². The van der Waals surface area contributed by atoms with Crippen LogP contribution in [-0.4, -0.2) is 50.5 Å². The number of para-hydroxylation sites is 1. The number of nitrogens with zero attached hydrogens (tertiary/aromatic N) is 3. The molecule has 1 aliphatic heterocycles. The maximum atomic E-state index is 6.38. The van der Waals surface area contributed by atoms with E-state index in [-0.39, 0.29) is 6.10 Å². The molecule has 1 fully saturated rings. The van der Waals surface area contributed by atoms with Gasteiger partial charge in [-0.05, 0) is 17.7 Å². The molecule has 0 spiro atoms. The van der Waals surface area contributed by atoms with Crippen LogP contribution < -0.4 is 19.1 Å². The normalized spacial score (nSPS) is 14.3. The van der Waals surface area contributed by atoms with Crippen LogP contribution in [0.15, 0.2) is 53.9 Å². The molecule has 0 unspecified atom stereocenters. The highest BCUT2D eigenvalue weighted by Gasteiger charge is 2.27. The van der Waals surface area contributed by atoms with Crippen molar-refractivity contribution in [2.45, 2.75) is 25.6 Å². The number of anilines is 1. The van der Waals surface area contributed by atoms with Gasteiger partial charge in [-0.1, -0.05) is 36.4 Å². The fraction of sp³-hybridized carbons (Fsp3) is 0.333. The van der Waals surface area contributed by atoms with Crippen LogP contribution in [0.1, 0.15) is 18.7 Å². The fourth-order valence-electron chi connectivity index (χ4n) is 4.50. The number of benzene rings is 2. The lowest BCUT2D eigenvalue weighted by Crippen LogP contribution is -2.39. The molecule has 4 aromatic rings. The van der Waals surface area contributed by atoms with Crippen LogP contribution in [0.5, 0.6) is 17.2 Å². The Bertz CT molecular complexity index is 1260. The zero-order valence-electron chi connectivity index (χ0n) is 20.2. The number of thiophene rings is 1. The van der Waals surface area contributed by atoms with Crippen LogP contribution in [0.2, 0.25) is 0 Å². The first-order valence-electron chi connectivity index (χ1n) is 11.7. The maximum Gasteiger partial charge on any atom is 0.203 e. The lowest BCUT2D eigenvalue weighted by atomic mass is 10.0. The minimum atomic E-state index is 0.0586. The van der Waals surface area contributed by atoms with Crippen LogP contribution in [-0.2, 0) is 11.3 Å². The van der Waals surface area contributed by atoms with E-state index in [1.165, 1.54) is 11.1 Å². The molecule has 3 heterocycles. The number of hydrogen-bond donors (Lipinski definition) is 0. The lowest BCUT2D eigenvalue weighted by Gasteiger charge is -2.34. The van der Waals surface area contributed by atoms with E-state index in [2.05, 4.69) is 34.5 Å². The summed E-state index contributed by atoms with van der Waals surface area (Å²) in [7, 11) is 4.97. The second kappa shape index (κ2) is 10.5. The van der Waals surface area contributed by atoms with Gasteiger partial charge in [0.15, 0.2) is 17.3 Å². The smallest absolute Gasteiger partial charge is 0.203 e. The standard InChI is InChI=1S/C27H29N3O4S/c1-31-16-23-28-26(24-20(17-35-27(24)29-23)18-8-5-4-6-9-18)30-14-12-19(13-15-30)34-25-21(32-2)10-7-11-22(25)33-3/h4-11,17,19H,12-16H2,1-3H3. The van der Waals surface area contributed by atoms with Crippen molar-refractivity contribution in [1.29, 1.82) is 0 Å². The quantitative estimate of drug-likeness (QED) is 0.319. The van der Waals surface area contributed by atoms with Crippen LogP contribution in [0.4, 0.5) is 5.82 Å². The van der Waals surface area contributed by atoms with Crippen LogP contribution >= 0.6 is 11.3 Å². The molecule has 0 radical (unpaired) electrons. The molecule has 1 saturated heterocycles. The molecular formula is C27H29N3O4S. The molecular weight excluding hydrogens is 462 g/mol. The first-order valence-corrected chi connectivity index (χ1v) is 12.5. The average molecular weight is 492 g/mol. The Morgan fingerprint density at radius 2 is 1.63 bits per heavy atom. The predicted octanol–water partition coefficient (Wildman–Crippen LogP) is 5.57. The molecule has 0 amide bonds. The Kier molecular flexibility index (Phi) is 7.01. The number of methoxy groups -OCH3 is 3. The highest BCUT2D eigenvalue weighted by molar-refractivity contribution is 7.17. The first-order chi connectivity index (χ1) is 17.2. The van der Waals surface area contributed by atoms with E-state index in [0.717, 1.165) is 42.0 Å². The summed E-state index contributed by atoms with van der Waals surface area (Å²) >= 11 is 1.65. The van der Waals surface area contributed by atoms with Crippen molar-refractivity contribution in [3.63, 3.8) is 0 Å². The summed E-state index contributed by atoms with van der Waals surface area (Å²) in [5.74, 6) is 3.69. The molecule has 182 valence electrons. The number of rotatable bonds is 8. The third-order valence-electron chi connectivity index (χ3n) is 6.23. The molecule has 1 aliphatic rings. The van der Waals surface area contributed by atoms with Gasteiger partial charge < -0.3 is 23.8 Å². The van der Waals surface area contributed by atoms with E-state index in [4.69, 9.17) is 28.9 Å². The zero-order chi connectivity index (χ0) is 24.2. The SMILES string of the molecule is COCc1nc(N2CCC(Oc3c(OC)cccc3OC)CC2)c2c(-c3ccccc3)csc2n1. The summed E-state index contributed by atoms with van der Waals surface area (Å²) in [5, 5.41) is 3.28. The van der Waals surface area contributed by atoms with E-state index < -0.39 is 0 Å². The van der Waals surface area contributed by atoms with Gasteiger partial charge in [-0.3, -0.25) is 0 Å². The van der Waals surface area contributed by atoms with Gasteiger partial charge in [-0.25, -0.2) is 9.97 Å². The number of piperidine rings is 1. The number of hydrogen-bond acceptors (Lipinski definition) is 8. The number of fused-ring (bicyclic) bond motifs is 1. The largest absolute Gasteiger partial charge is 0.493 e. The summed E-state index contributed by atoms with van der Waals surface area (Å²) in [6.07, 6.45) is 1.78. The first kappa shape index (κ1) is 23.4. The van der Waals surface area contributed by atoms with Crippen molar-refractivity contribution in [1.82, 2.24) is 9.97 Å². The Labute approximate surface area is 209 Å². The summed E-state index contributed by atoms with van der Waals surface area (Å²) < 4.78 is 22.8. The van der Waals surface area contributed by atoms with Gasteiger partial charge in [-0.2, -0.15) is 0 Å². The molecule has 2 aromatic heterocycles. The monoisotopic (exact) mass is 491 g/mol. The van der Waals surface area contributed by atoms with Gasteiger partial charge in [0.2, 0.25) is 5.75 Å². The van der Waals surface area contributed by atoms with Crippen molar-refractivity contribution in [2.24, 2.45) is 0 Å². The molecule has 5 rings (SSSR count). The summed E-state index contributed by atoms with van der Waals surface area (Å²) in [6, 6.07) is 16.1. The van der Waals surface area contributed by atoms with E-state index in [1.54, 1.807) is 32.7 Å². The van der Waals surface area contributed by atoms with Crippen molar-refractivity contribution < 1.29 is 18.9 Å². The third-order valence-corrected chi connectivity index (χ3v) is 7.10. The second-order valence-corrected chi connectivity index (χ2v) is 9.25. The van der Waals surface area contributed by atoms with Gasteiger partial charge in [-0.15, -0.1) is 11.3 Å². The van der Waals surface area contributed by atoms with E-state index in [9.17, 15) is 0 Å². The molecule has 0 bridgehead atoms. The highest BCUT2D eigenvalue weighted by atomic mass is 32.1. The Hall–Kier alpha value is -3.36. The lowest BCUT2D eigenvalue weighted by molar-refractivity contribution is 0.158. The predicted molar refractivity (Wildman–Crippen MR) is 139 cm³/mol. The third kappa shape index (κ3) is 4.76. The average Bonchev–Trinajstić information content (AvgIpc) is 3.33. The van der Waals surface area contributed by atoms with Crippen LogP contribution in [0, 0.1) is 0 Å². The molecule has 0 saturated carbocycles. The minimum absolute atomic E-state index is 0.0586. The Balaban J connectivity index is 1.42. The number of ether oxygens (including phenoxy) is 4. The Morgan fingerprint density at radius 3 is 2.29 bits per heavy atom. The second-order valence-electron chi connectivity index (χ2n) is 8.39. The van der Waals surface area contributed by atoms with Crippen molar-refractivity contribution in [3.05, 3.63) is 59.7 Å². The topological polar surface area (TPSA) is 65.9 Å². The van der Waals surface area contributed by atoms with E-state index >= 15 is 0 Å². The van der Waals surface area contributed by atoms with Crippen molar-refractivity contribution >= 4 is 27.4 Å². The molecule has 0 atom stereocenters. The molecule has 8 heteroatoms. The zero-order valence-corrected chi connectivity index (χ0v) is 21.0. The maximum absolute atomic E-state index is 6.38. The van der Waals surface area contributed by atoms with Gasteiger partial charge >= 0.3 is 0 Å². The van der Waals surface area contributed by atoms with Gasteiger partial charge in [0, 0.05) is 44.0 Å². The fourth-order valence-corrected chi connectivity index (χ4v) is 5.47. The van der Waals surface area contributed by atoms with Gasteiger partial charge in [0.05, 0.1) is 19.6 Å². The van der Waals surface area contributed by atoms with Crippen LogP contribution in [0.3, 0.4) is 0 Å². The summed E-state index contributed by atoms with van der Waals surface area (Å²) in [6.45, 7) is 2.03. The highest BCUT2D eigenvalue weighted by Crippen LogP contribution is 2.41. The van der Waals surface area contributed by atoms with E-state index in [1.807, 2.05) is 24.3 Å². The van der Waals surface area contributed by atoms with E-state index in [0.29, 0.717) is 29.7 Å². The van der Waals surface area contributed by atoms with Crippen molar-refractivity contribution in [2.75, 3.05) is 39.3 Å². The molecule has 35 heavy (non-hydrogen) atoms. The molecule has 0 aliphatic carbocycles. The molecule has 7 nitrogen and oxygen atoms in total. The summed E-state index contributed by atoms with van der Waals surface area (Å²) in [4.78, 5) is 13.1.